The highest BCUT2D eigenvalue weighted by atomic mass is 32.2. The highest BCUT2D eigenvalue weighted by Gasteiger charge is 2.24. The molecular weight excluding hydrogens is 298 g/mol. The van der Waals surface area contributed by atoms with Gasteiger partial charge in [0.25, 0.3) is 0 Å². The van der Waals surface area contributed by atoms with Crippen molar-refractivity contribution in [3.63, 3.8) is 0 Å². The van der Waals surface area contributed by atoms with Gasteiger partial charge in [-0.15, -0.1) is 0 Å². The molecule has 1 N–H and O–H groups in total. The van der Waals surface area contributed by atoms with E-state index < -0.39 is 10.0 Å². The van der Waals surface area contributed by atoms with Gasteiger partial charge in [0.05, 0.1) is 11.2 Å². The van der Waals surface area contributed by atoms with Crippen LogP contribution in [0.1, 0.15) is 34.9 Å². The van der Waals surface area contributed by atoms with Crippen LogP contribution in [0.5, 0.6) is 0 Å². The van der Waals surface area contributed by atoms with E-state index in [2.05, 4.69) is 4.72 Å². The standard InChI is InChI=1S/C17H23NO3S/c1-11-9-12(2)15(5)17(14(11)4)22(19,20)18-13(3)10-16-7-6-8-21-16/h6-9,13,18H,10H2,1-5H3. The average molecular weight is 321 g/mol. The fourth-order valence-corrected chi connectivity index (χ4v) is 4.54. The second-order valence-corrected chi connectivity index (χ2v) is 7.55. The first kappa shape index (κ1) is 16.8. The minimum Gasteiger partial charge on any atom is -0.469 e. The van der Waals surface area contributed by atoms with E-state index in [0.29, 0.717) is 11.3 Å². The molecule has 0 aliphatic heterocycles. The van der Waals surface area contributed by atoms with Gasteiger partial charge in [0.1, 0.15) is 5.76 Å². The molecule has 4 nitrogen and oxygen atoms in total. The predicted octanol–water partition coefficient (Wildman–Crippen LogP) is 3.42. The molecule has 0 radical (unpaired) electrons. The number of sulfonamides is 1. The summed E-state index contributed by atoms with van der Waals surface area (Å²) in [6.45, 7) is 9.43. The van der Waals surface area contributed by atoms with E-state index in [1.54, 1.807) is 12.3 Å². The molecule has 1 aromatic heterocycles. The molecule has 0 amide bonds. The molecule has 0 fully saturated rings. The maximum absolute atomic E-state index is 12.8. The van der Waals surface area contributed by atoms with Crippen molar-refractivity contribution in [2.75, 3.05) is 0 Å². The molecule has 2 aromatic rings. The Kier molecular flexibility index (Phi) is 4.78. The molecule has 0 bridgehead atoms. The third-order valence-electron chi connectivity index (χ3n) is 4.01. The number of aryl methyl sites for hydroxylation is 2. The highest BCUT2D eigenvalue weighted by molar-refractivity contribution is 7.89. The first-order chi connectivity index (χ1) is 10.2. The summed E-state index contributed by atoms with van der Waals surface area (Å²) >= 11 is 0. The Labute approximate surface area is 132 Å². The van der Waals surface area contributed by atoms with Gasteiger partial charge < -0.3 is 4.42 Å². The van der Waals surface area contributed by atoms with Crippen LogP contribution in [0, 0.1) is 27.7 Å². The van der Waals surface area contributed by atoms with Crippen LogP contribution in [0.3, 0.4) is 0 Å². The van der Waals surface area contributed by atoms with Crippen molar-refractivity contribution in [2.24, 2.45) is 0 Å². The van der Waals surface area contributed by atoms with Gasteiger partial charge in [0, 0.05) is 12.5 Å². The molecule has 0 saturated heterocycles. The number of hydrogen-bond donors (Lipinski definition) is 1. The van der Waals surface area contributed by atoms with Crippen molar-refractivity contribution in [1.29, 1.82) is 0 Å². The molecule has 120 valence electrons. The molecule has 0 saturated carbocycles. The van der Waals surface area contributed by atoms with Crippen LogP contribution in [-0.2, 0) is 16.4 Å². The molecule has 1 atom stereocenters. The van der Waals surface area contributed by atoms with Gasteiger partial charge in [-0.2, -0.15) is 0 Å². The van der Waals surface area contributed by atoms with Crippen LogP contribution in [0.4, 0.5) is 0 Å². The first-order valence-corrected chi connectivity index (χ1v) is 8.83. The average Bonchev–Trinajstić information content (AvgIpc) is 2.88. The topological polar surface area (TPSA) is 59.3 Å². The van der Waals surface area contributed by atoms with Crippen LogP contribution in [-0.4, -0.2) is 14.5 Å². The lowest BCUT2D eigenvalue weighted by molar-refractivity contribution is 0.479. The van der Waals surface area contributed by atoms with Crippen molar-refractivity contribution in [3.05, 3.63) is 52.5 Å². The highest BCUT2D eigenvalue weighted by Crippen LogP contribution is 2.26. The van der Waals surface area contributed by atoms with Gasteiger partial charge in [-0.25, -0.2) is 13.1 Å². The van der Waals surface area contributed by atoms with Gasteiger partial charge in [-0.1, -0.05) is 6.07 Å². The lowest BCUT2D eigenvalue weighted by atomic mass is 10.0. The maximum Gasteiger partial charge on any atom is 0.241 e. The molecule has 5 heteroatoms. The van der Waals surface area contributed by atoms with Crippen molar-refractivity contribution in [3.8, 4) is 0 Å². The lowest BCUT2D eigenvalue weighted by Crippen LogP contribution is -2.35. The van der Waals surface area contributed by atoms with Crippen molar-refractivity contribution in [1.82, 2.24) is 4.72 Å². The molecule has 1 unspecified atom stereocenters. The molecule has 0 aliphatic rings. The second-order valence-electron chi connectivity index (χ2n) is 5.90. The summed E-state index contributed by atoms with van der Waals surface area (Å²) in [5, 5.41) is 0. The summed E-state index contributed by atoms with van der Waals surface area (Å²) in [6.07, 6.45) is 2.11. The van der Waals surface area contributed by atoms with Gasteiger partial charge in [0.15, 0.2) is 0 Å². The predicted molar refractivity (Wildman–Crippen MR) is 87.6 cm³/mol. The molecule has 2 rings (SSSR count). The minimum atomic E-state index is -3.56. The van der Waals surface area contributed by atoms with Gasteiger partial charge >= 0.3 is 0 Å². The Morgan fingerprint density at radius 2 is 1.73 bits per heavy atom. The summed E-state index contributed by atoms with van der Waals surface area (Å²) < 4.78 is 33.6. The Morgan fingerprint density at radius 1 is 1.14 bits per heavy atom. The van der Waals surface area contributed by atoms with Crippen molar-refractivity contribution < 1.29 is 12.8 Å². The first-order valence-electron chi connectivity index (χ1n) is 7.34. The molecule has 1 aromatic carbocycles. The van der Waals surface area contributed by atoms with E-state index in [4.69, 9.17) is 4.42 Å². The fraction of sp³-hybridized carbons (Fsp3) is 0.412. The summed E-state index contributed by atoms with van der Waals surface area (Å²) in [7, 11) is -3.56. The van der Waals surface area contributed by atoms with Gasteiger partial charge in [0.2, 0.25) is 10.0 Å². The van der Waals surface area contributed by atoms with Crippen molar-refractivity contribution in [2.45, 2.75) is 52.0 Å². The van der Waals surface area contributed by atoms with E-state index in [0.717, 1.165) is 28.0 Å². The number of nitrogens with one attached hydrogen (secondary N) is 1. The SMILES string of the molecule is Cc1cc(C)c(C)c(S(=O)(=O)NC(C)Cc2ccco2)c1C. The third-order valence-corrected chi connectivity index (χ3v) is 5.87. The number of benzene rings is 1. The number of rotatable bonds is 5. The van der Waals surface area contributed by atoms with Crippen molar-refractivity contribution >= 4 is 10.0 Å². The van der Waals surface area contributed by atoms with E-state index in [9.17, 15) is 8.42 Å². The Balaban J connectivity index is 2.31. The largest absolute Gasteiger partial charge is 0.469 e. The van der Waals surface area contributed by atoms with Gasteiger partial charge in [-0.05, 0) is 69.0 Å². The molecule has 22 heavy (non-hydrogen) atoms. The van der Waals surface area contributed by atoms with Crippen LogP contribution < -0.4 is 4.72 Å². The van der Waals surface area contributed by atoms with E-state index in [-0.39, 0.29) is 6.04 Å². The van der Waals surface area contributed by atoms with E-state index >= 15 is 0 Å². The Bertz CT molecular complexity index is 735. The summed E-state index contributed by atoms with van der Waals surface area (Å²) in [4.78, 5) is 0.399. The number of hydrogen-bond acceptors (Lipinski definition) is 3. The monoisotopic (exact) mass is 321 g/mol. The fourth-order valence-electron chi connectivity index (χ4n) is 2.68. The Hall–Kier alpha value is -1.59. The van der Waals surface area contributed by atoms with E-state index in [1.165, 1.54) is 0 Å². The second kappa shape index (κ2) is 6.26. The zero-order valence-electron chi connectivity index (χ0n) is 13.7. The Morgan fingerprint density at radius 3 is 2.23 bits per heavy atom. The zero-order chi connectivity index (χ0) is 16.5. The normalized spacial score (nSPS) is 13.3. The lowest BCUT2D eigenvalue weighted by Gasteiger charge is -2.19. The van der Waals surface area contributed by atoms with Crippen LogP contribution in [0.25, 0.3) is 0 Å². The summed E-state index contributed by atoms with van der Waals surface area (Å²) in [6, 6.07) is 5.43. The molecule has 0 aliphatic carbocycles. The quantitative estimate of drug-likeness (QED) is 0.918. The van der Waals surface area contributed by atoms with Crippen LogP contribution in [0.15, 0.2) is 33.8 Å². The smallest absolute Gasteiger partial charge is 0.241 e. The van der Waals surface area contributed by atoms with E-state index in [1.807, 2.05) is 46.8 Å². The molecular formula is C17H23NO3S. The maximum atomic E-state index is 12.8. The van der Waals surface area contributed by atoms with Gasteiger partial charge in [-0.3, -0.25) is 0 Å². The minimum absolute atomic E-state index is 0.240. The zero-order valence-corrected chi connectivity index (χ0v) is 14.5. The summed E-state index contributed by atoms with van der Waals surface area (Å²) in [5.74, 6) is 0.768. The summed E-state index contributed by atoms with van der Waals surface area (Å²) in [5.41, 5.74) is 3.59. The third kappa shape index (κ3) is 3.42. The molecule has 0 spiro atoms. The molecule has 1 heterocycles. The van der Waals surface area contributed by atoms with Crippen LogP contribution in [0.2, 0.25) is 0 Å². The van der Waals surface area contributed by atoms with Crippen LogP contribution >= 0.6 is 0 Å². The number of furan rings is 1.